The number of aryl methyl sites for hydroxylation is 2. The molecule has 2 aromatic heterocycles. The van der Waals surface area contributed by atoms with Crippen LogP contribution in [-0.4, -0.2) is 52.0 Å². The number of anilines is 1. The topological polar surface area (TPSA) is 83.7 Å². The fourth-order valence-electron chi connectivity index (χ4n) is 3.94. The van der Waals surface area contributed by atoms with Crippen molar-refractivity contribution in [2.24, 2.45) is 0 Å². The van der Waals surface area contributed by atoms with Crippen molar-refractivity contribution in [3.63, 3.8) is 0 Å². The molecule has 0 saturated carbocycles. The number of fused-ring (bicyclic) bond motifs is 1. The first-order valence-electron chi connectivity index (χ1n) is 10.6. The number of nitrogens with zero attached hydrogens (tertiary/aromatic N) is 3. The van der Waals surface area contributed by atoms with Crippen molar-refractivity contribution in [3.05, 3.63) is 39.6 Å². The Morgan fingerprint density at radius 3 is 2.52 bits per heavy atom. The molecule has 1 saturated heterocycles. The molecule has 0 spiro atoms. The second kappa shape index (κ2) is 9.61. The van der Waals surface area contributed by atoms with Gasteiger partial charge in [0.05, 0.1) is 21.3 Å². The third-order valence-electron chi connectivity index (χ3n) is 5.54. The lowest BCUT2D eigenvalue weighted by atomic mass is 10.1. The molecular formula is C22H27Cl2N5O2. The molecule has 4 rings (SSSR count). The Morgan fingerprint density at radius 2 is 1.84 bits per heavy atom. The molecule has 166 valence electrons. The molecule has 3 aromatic rings. The maximum atomic E-state index is 9.81. The van der Waals surface area contributed by atoms with Gasteiger partial charge in [-0.2, -0.15) is 9.61 Å². The van der Waals surface area contributed by atoms with Crippen molar-refractivity contribution in [1.82, 2.24) is 19.9 Å². The van der Waals surface area contributed by atoms with Crippen LogP contribution >= 0.6 is 23.2 Å². The van der Waals surface area contributed by atoms with E-state index in [4.69, 9.17) is 38.0 Å². The number of phenols is 1. The van der Waals surface area contributed by atoms with Crippen LogP contribution in [0.5, 0.6) is 5.75 Å². The number of rotatable bonds is 7. The Hall–Kier alpha value is -2.06. The molecular weight excluding hydrogens is 437 g/mol. The van der Waals surface area contributed by atoms with Crippen LogP contribution in [0.1, 0.15) is 31.2 Å². The molecule has 1 aliphatic rings. The van der Waals surface area contributed by atoms with Gasteiger partial charge < -0.3 is 20.5 Å². The summed E-state index contributed by atoms with van der Waals surface area (Å²) in [6.07, 6.45) is 2.89. The molecule has 0 radical (unpaired) electrons. The summed E-state index contributed by atoms with van der Waals surface area (Å²) >= 11 is 12.9. The van der Waals surface area contributed by atoms with E-state index in [1.165, 1.54) is 12.1 Å². The predicted octanol–water partition coefficient (Wildman–Crippen LogP) is 4.46. The summed E-state index contributed by atoms with van der Waals surface area (Å²) in [7, 11) is 0. The van der Waals surface area contributed by atoms with Gasteiger partial charge >= 0.3 is 0 Å². The van der Waals surface area contributed by atoms with Gasteiger partial charge in [-0.15, -0.1) is 0 Å². The zero-order chi connectivity index (χ0) is 22.0. The fraction of sp³-hybridized carbons (Fsp3) is 0.455. The van der Waals surface area contributed by atoms with E-state index < -0.39 is 0 Å². The average Bonchev–Trinajstić information content (AvgIpc) is 3.07. The third kappa shape index (κ3) is 4.75. The molecule has 7 nitrogen and oxygen atoms in total. The molecule has 0 aliphatic carbocycles. The second-order valence-corrected chi connectivity index (χ2v) is 8.55. The van der Waals surface area contributed by atoms with E-state index >= 15 is 0 Å². The zero-order valence-corrected chi connectivity index (χ0v) is 19.2. The van der Waals surface area contributed by atoms with Crippen LogP contribution in [0.3, 0.4) is 0 Å². The lowest BCUT2D eigenvalue weighted by Crippen LogP contribution is -2.37. The van der Waals surface area contributed by atoms with Gasteiger partial charge in [-0.3, -0.25) is 0 Å². The first-order valence-corrected chi connectivity index (χ1v) is 11.4. The average molecular weight is 464 g/mol. The molecule has 1 aliphatic heterocycles. The van der Waals surface area contributed by atoms with Gasteiger partial charge in [0.25, 0.3) is 0 Å². The van der Waals surface area contributed by atoms with Gasteiger partial charge in [0.2, 0.25) is 0 Å². The molecule has 3 heterocycles. The molecule has 0 amide bonds. The van der Waals surface area contributed by atoms with Gasteiger partial charge in [0.15, 0.2) is 5.65 Å². The Kier molecular flexibility index (Phi) is 6.86. The highest BCUT2D eigenvalue weighted by Gasteiger charge is 2.21. The highest BCUT2D eigenvalue weighted by molar-refractivity contribution is 6.39. The molecule has 0 bridgehead atoms. The Labute approximate surface area is 191 Å². The number of hydrogen-bond acceptors (Lipinski definition) is 6. The summed E-state index contributed by atoms with van der Waals surface area (Å²) in [5.41, 5.74) is 3.79. The molecule has 0 unspecified atom stereocenters. The monoisotopic (exact) mass is 463 g/mol. The van der Waals surface area contributed by atoms with E-state index in [1.807, 2.05) is 13.0 Å². The fourth-order valence-corrected chi connectivity index (χ4v) is 4.60. The van der Waals surface area contributed by atoms with Crippen LogP contribution in [0, 0.1) is 6.92 Å². The summed E-state index contributed by atoms with van der Waals surface area (Å²) in [5, 5.41) is 22.3. The minimum atomic E-state index is 0.0227. The zero-order valence-electron chi connectivity index (χ0n) is 17.7. The number of aromatic hydroxyl groups is 1. The highest BCUT2D eigenvalue weighted by Crippen LogP contribution is 2.41. The standard InChI is InChI=1S/C22H27Cl2N5O2/c1-3-14-10-19(26-7-6-25-15-4-8-31-9-5-15)29-22(27-14)20(13(2)28-29)21-17(23)11-16(30)12-18(21)24/h10-12,15,25-26,30H,3-9H2,1-2H3. The number of ether oxygens (including phenoxy) is 1. The van der Waals surface area contributed by atoms with Crippen LogP contribution in [0.25, 0.3) is 16.8 Å². The van der Waals surface area contributed by atoms with Crippen molar-refractivity contribution in [1.29, 1.82) is 0 Å². The molecule has 3 N–H and O–H groups in total. The van der Waals surface area contributed by atoms with Crippen molar-refractivity contribution in [2.75, 3.05) is 31.6 Å². The maximum Gasteiger partial charge on any atom is 0.165 e. The van der Waals surface area contributed by atoms with Crippen molar-refractivity contribution >= 4 is 34.7 Å². The summed E-state index contributed by atoms with van der Waals surface area (Å²) in [5.74, 6) is 0.894. The highest BCUT2D eigenvalue weighted by atomic mass is 35.5. The van der Waals surface area contributed by atoms with E-state index in [9.17, 15) is 5.11 Å². The van der Waals surface area contributed by atoms with Crippen molar-refractivity contribution in [3.8, 4) is 16.9 Å². The van der Waals surface area contributed by atoms with Crippen LogP contribution in [-0.2, 0) is 11.2 Å². The van der Waals surface area contributed by atoms with Crippen molar-refractivity contribution < 1.29 is 9.84 Å². The molecule has 31 heavy (non-hydrogen) atoms. The van der Waals surface area contributed by atoms with Crippen LogP contribution in [0.4, 0.5) is 5.82 Å². The summed E-state index contributed by atoms with van der Waals surface area (Å²) in [6, 6.07) is 5.50. The lowest BCUT2D eigenvalue weighted by molar-refractivity contribution is 0.0784. The Balaban J connectivity index is 1.64. The van der Waals surface area contributed by atoms with Gasteiger partial charge in [-0.25, -0.2) is 4.98 Å². The van der Waals surface area contributed by atoms with Gasteiger partial charge in [0, 0.05) is 49.7 Å². The van der Waals surface area contributed by atoms with E-state index in [2.05, 4.69) is 17.6 Å². The number of phenolic OH excluding ortho intramolecular Hbond substituents is 1. The van der Waals surface area contributed by atoms with Crippen molar-refractivity contribution in [2.45, 2.75) is 39.2 Å². The number of aromatic nitrogens is 3. The normalized spacial score (nSPS) is 15.0. The van der Waals surface area contributed by atoms with Crippen LogP contribution in [0.15, 0.2) is 18.2 Å². The van der Waals surface area contributed by atoms with E-state index in [0.29, 0.717) is 27.3 Å². The van der Waals surface area contributed by atoms with E-state index in [-0.39, 0.29) is 5.75 Å². The smallest absolute Gasteiger partial charge is 0.165 e. The minimum absolute atomic E-state index is 0.0227. The molecule has 1 aromatic carbocycles. The Morgan fingerprint density at radius 1 is 1.13 bits per heavy atom. The minimum Gasteiger partial charge on any atom is -0.508 e. The second-order valence-electron chi connectivity index (χ2n) is 7.73. The number of benzene rings is 1. The Bertz CT molecular complexity index is 1060. The van der Waals surface area contributed by atoms with Gasteiger partial charge in [0.1, 0.15) is 11.6 Å². The molecule has 0 atom stereocenters. The number of nitrogens with one attached hydrogen (secondary N) is 2. The lowest BCUT2D eigenvalue weighted by Gasteiger charge is -2.23. The van der Waals surface area contributed by atoms with Gasteiger partial charge in [-0.1, -0.05) is 30.1 Å². The summed E-state index contributed by atoms with van der Waals surface area (Å²) in [4.78, 5) is 4.81. The van der Waals surface area contributed by atoms with Crippen LogP contribution < -0.4 is 10.6 Å². The third-order valence-corrected chi connectivity index (χ3v) is 6.14. The first kappa shape index (κ1) is 22.1. The van der Waals surface area contributed by atoms with Gasteiger partial charge in [-0.05, 0) is 38.3 Å². The first-order chi connectivity index (χ1) is 15.0. The molecule has 9 heteroatoms. The quantitative estimate of drug-likeness (QED) is 0.448. The van der Waals surface area contributed by atoms with E-state index in [0.717, 1.165) is 68.3 Å². The molecule has 1 fully saturated rings. The predicted molar refractivity (Wildman–Crippen MR) is 125 cm³/mol. The largest absolute Gasteiger partial charge is 0.508 e. The van der Waals surface area contributed by atoms with Crippen LogP contribution in [0.2, 0.25) is 10.0 Å². The summed E-state index contributed by atoms with van der Waals surface area (Å²) in [6.45, 7) is 7.24. The SMILES string of the molecule is CCc1cc(NCCNC2CCOCC2)n2nc(C)c(-c3c(Cl)cc(O)cc3Cl)c2n1. The number of halogens is 2. The maximum absolute atomic E-state index is 9.81. The number of hydrogen-bond donors (Lipinski definition) is 3. The summed E-state index contributed by atoms with van der Waals surface area (Å²) < 4.78 is 7.22. The van der Waals surface area contributed by atoms with E-state index in [1.54, 1.807) is 4.52 Å².